The molecular formula is C16H22FNO2. The number of carbonyl (C=O) groups excluding carboxylic acids is 1. The summed E-state index contributed by atoms with van der Waals surface area (Å²) >= 11 is 0. The number of carbonyl (C=O) groups is 1. The minimum absolute atomic E-state index is 0.00897. The molecule has 1 aliphatic rings. The lowest BCUT2D eigenvalue weighted by Crippen LogP contribution is -2.38. The summed E-state index contributed by atoms with van der Waals surface area (Å²) in [5.41, 5.74) is 0.546. The van der Waals surface area contributed by atoms with E-state index in [0.717, 1.165) is 19.1 Å². The van der Waals surface area contributed by atoms with Crippen LogP contribution in [0.2, 0.25) is 0 Å². The van der Waals surface area contributed by atoms with Crippen molar-refractivity contribution in [3.63, 3.8) is 0 Å². The van der Waals surface area contributed by atoms with Crippen molar-refractivity contribution in [1.29, 1.82) is 0 Å². The van der Waals surface area contributed by atoms with Gasteiger partial charge < -0.3 is 4.74 Å². The topological polar surface area (TPSA) is 29.5 Å². The van der Waals surface area contributed by atoms with E-state index in [9.17, 15) is 9.18 Å². The van der Waals surface area contributed by atoms with Crippen LogP contribution in [-0.4, -0.2) is 43.5 Å². The molecule has 20 heavy (non-hydrogen) atoms. The standard InChI is InChI=1S/C16H22FNO2/c1-12(16(19)14-5-7-15(17)8-6-14)18(2)9-10-20-11-13-3-4-13/h5-8,12-13H,3-4,9-11H2,1-2H3. The normalized spacial score (nSPS) is 16.4. The zero-order chi connectivity index (χ0) is 14.5. The Hall–Kier alpha value is -1.26. The summed E-state index contributed by atoms with van der Waals surface area (Å²) in [6.07, 6.45) is 2.57. The van der Waals surface area contributed by atoms with E-state index in [4.69, 9.17) is 4.74 Å². The maximum absolute atomic E-state index is 12.8. The number of nitrogens with zero attached hydrogens (tertiary/aromatic N) is 1. The van der Waals surface area contributed by atoms with Crippen LogP contribution < -0.4 is 0 Å². The van der Waals surface area contributed by atoms with E-state index in [1.807, 2.05) is 18.9 Å². The van der Waals surface area contributed by atoms with Gasteiger partial charge in [0.1, 0.15) is 5.82 Å². The second-order valence-electron chi connectivity index (χ2n) is 5.55. The van der Waals surface area contributed by atoms with Gasteiger partial charge in [-0.25, -0.2) is 4.39 Å². The number of Topliss-reactive ketones (excluding diaryl/α,β-unsaturated/α-hetero) is 1. The van der Waals surface area contributed by atoms with Crippen molar-refractivity contribution in [3.05, 3.63) is 35.6 Å². The third-order valence-electron chi connectivity index (χ3n) is 3.81. The third-order valence-corrected chi connectivity index (χ3v) is 3.81. The van der Waals surface area contributed by atoms with Crippen molar-refractivity contribution < 1.29 is 13.9 Å². The van der Waals surface area contributed by atoms with Crippen LogP contribution in [0, 0.1) is 11.7 Å². The molecule has 0 saturated heterocycles. The van der Waals surface area contributed by atoms with Crippen LogP contribution in [0.15, 0.2) is 24.3 Å². The van der Waals surface area contributed by atoms with E-state index in [1.165, 1.54) is 37.1 Å². The summed E-state index contributed by atoms with van der Waals surface area (Å²) in [7, 11) is 1.91. The van der Waals surface area contributed by atoms with Gasteiger partial charge in [-0.2, -0.15) is 0 Å². The lowest BCUT2D eigenvalue weighted by molar-refractivity contribution is 0.0748. The molecule has 0 bridgehead atoms. The molecule has 1 aromatic carbocycles. The van der Waals surface area contributed by atoms with E-state index in [1.54, 1.807) is 0 Å². The van der Waals surface area contributed by atoms with Crippen molar-refractivity contribution in [2.75, 3.05) is 26.8 Å². The smallest absolute Gasteiger partial charge is 0.179 e. The minimum Gasteiger partial charge on any atom is -0.380 e. The molecule has 2 rings (SSSR count). The van der Waals surface area contributed by atoms with Crippen molar-refractivity contribution in [2.24, 2.45) is 5.92 Å². The maximum Gasteiger partial charge on any atom is 0.179 e. The number of halogens is 1. The number of ether oxygens (including phenoxy) is 1. The highest BCUT2D eigenvalue weighted by molar-refractivity contribution is 5.99. The van der Waals surface area contributed by atoms with Crippen LogP contribution in [0.3, 0.4) is 0 Å². The highest BCUT2D eigenvalue weighted by Crippen LogP contribution is 2.28. The molecule has 3 nitrogen and oxygen atoms in total. The molecule has 0 heterocycles. The summed E-state index contributed by atoms with van der Waals surface area (Å²) in [5, 5.41) is 0. The van der Waals surface area contributed by atoms with Gasteiger partial charge in [-0.3, -0.25) is 9.69 Å². The summed E-state index contributed by atoms with van der Waals surface area (Å²) in [6.45, 7) is 4.08. The molecule has 1 aliphatic carbocycles. The largest absolute Gasteiger partial charge is 0.380 e. The first-order chi connectivity index (χ1) is 9.58. The first-order valence-corrected chi connectivity index (χ1v) is 7.15. The second-order valence-corrected chi connectivity index (χ2v) is 5.55. The maximum atomic E-state index is 12.8. The summed E-state index contributed by atoms with van der Waals surface area (Å²) < 4.78 is 18.4. The van der Waals surface area contributed by atoms with Crippen molar-refractivity contribution in [3.8, 4) is 0 Å². The predicted molar refractivity (Wildman–Crippen MR) is 76.4 cm³/mol. The summed E-state index contributed by atoms with van der Waals surface area (Å²) in [6, 6.07) is 5.47. The van der Waals surface area contributed by atoms with Crippen LogP contribution in [0.4, 0.5) is 4.39 Å². The highest BCUT2D eigenvalue weighted by atomic mass is 19.1. The van der Waals surface area contributed by atoms with Crippen molar-refractivity contribution >= 4 is 5.78 Å². The fraction of sp³-hybridized carbons (Fsp3) is 0.562. The number of ketones is 1. The molecule has 0 spiro atoms. The van der Waals surface area contributed by atoms with Crippen LogP contribution in [0.5, 0.6) is 0 Å². The monoisotopic (exact) mass is 279 g/mol. The minimum atomic E-state index is -0.323. The van der Waals surface area contributed by atoms with Gasteiger partial charge in [-0.05, 0) is 57.0 Å². The predicted octanol–water partition coefficient (Wildman–Crippen LogP) is 2.76. The van der Waals surface area contributed by atoms with Gasteiger partial charge in [0.15, 0.2) is 5.78 Å². The molecule has 110 valence electrons. The summed E-state index contributed by atoms with van der Waals surface area (Å²) in [5.74, 6) is 0.448. The van der Waals surface area contributed by atoms with E-state index >= 15 is 0 Å². The Labute approximate surface area is 119 Å². The zero-order valence-electron chi connectivity index (χ0n) is 12.1. The van der Waals surface area contributed by atoms with Crippen molar-refractivity contribution in [1.82, 2.24) is 4.90 Å². The Balaban J connectivity index is 1.77. The molecule has 1 unspecified atom stereocenters. The van der Waals surface area contributed by atoms with Gasteiger partial charge >= 0.3 is 0 Å². The van der Waals surface area contributed by atoms with E-state index in [-0.39, 0.29) is 17.6 Å². The quantitative estimate of drug-likeness (QED) is 0.541. The fourth-order valence-corrected chi connectivity index (χ4v) is 1.99. The number of rotatable bonds is 8. The third kappa shape index (κ3) is 4.39. The average molecular weight is 279 g/mol. The number of hydrogen-bond donors (Lipinski definition) is 0. The molecule has 0 radical (unpaired) electrons. The Kier molecular flexibility index (Phi) is 5.26. The van der Waals surface area contributed by atoms with Gasteiger partial charge in [0.05, 0.1) is 12.6 Å². The molecule has 0 amide bonds. The van der Waals surface area contributed by atoms with Crippen LogP contribution in [0.25, 0.3) is 0 Å². The van der Waals surface area contributed by atoms with E-state index in [0.29, 0.717) is 12.2 Å². The fourth-order valence-electron chi connectivity index (χ4n) is 1.99. The lowest BCUT2D eigenvalue weighted by Gasteiger charge is -2.23. The van der Waals surface area contributed by atoms with Gasteiger partial charge in [0.25, 0.3) is 0 Å². The molecule has 1 fully saturated rings. The molecule has 0 N–H and O–H groups in total. The Morgan fingerprint density at radius 1 is 1.40 bits per heavy atom. The molecule has 1 atom stereocenters. The number of likely N-dealkylation sites (N-methyl/N-ethyl adjacent to an activating group) is 1. The number of hydrogen-bond acceptors (Lipinski definition) is 3. The first kappa shape index (κ1) is 15.1. The lowest BCUT2D eigenvalue weighted by atomic mass is 10.0. The molecule has 1 saturated carbocycles. The molecule has 4 heteroatoms. The van der Waals surface area contributed by atoms with Gasteiger partial charge in [0, 0.05) is 18.7 Å². The molecular weight excluding hydrogens is 257 g/mol. The van der Waals surface area contributed by atoms with Crippen LogP contribution in [-0.2, 0) is 4.74 Å². The highest BCUT2D eigenvalue weighted by Gasteiger charge is 2.22. The molecule has 1 aromatic rings. The molecule has 0 aliphatic heterocycles. The van der Waals surface area contributed by atoms with Gasteiger partial charge in [-0.1, -0.05) is 0 Å². The van der Waals surface area contributed by atoms with E-state index in [2.05, 4.69) is 0 Å². The van der Waals surface area contributed by atoms with Crippen molar-refractivity contribution in [2.45, 2.75) is 25.8 Å². The van der Waals surface area contributed by atoms with E-state index < -0.39 is 0 Å². The Bertz CT molecular complexity index is 442. The Morgan fingerprint density at radius 2 is 2.05 bits per heavy atom. The van der Waals surface area contributed by atoms with Gasteiger partial charge in [0.2, 0.25) is 0 Å². The number of benzene rings is 1. The van der Waals surface area contributed by atoms with Crippen LogP contribution in [0.1, 0.15) is 30.1 Å². The molecule has 0 aromatic heterocycles. The summed E-state index contributed by atoms with van der Waals surface area (Å²) in [4.78, 5) is 14.2. The second kappa shape index (κ2) is 6.95. The van der Waals surface area contributed by atoms with Gasteiger partial charge in [-0.15, -0.1) is 0 Å². The Morgan fingerprint density at radius 3 is 2.65 bits per heavy atom. The SMILES string of the molecule is CC(C(=O)c1ccc(F)cc1)N(C)CCOCC1CC1. The first-order valence-electron chi connectivity index (χ1n) is 7.15. The van der Waals surface area contributed by atoms with Crippen LogP contribution >= 0.6 is 0 Å². The zero-order valence-corrected chi connectivity index (χ0v) is 12.1. The average Bonchev–Trinajstić information content (AvgIpc) is 3.26.